The molecule has 0 spiro atoms. The number of benzene rings is 2. The van der Waals surface area contributed by atoms with Gasteiger partial charge < -0.3 is 15.3 Å². The maximum Gasteiger partial charge on any atom is 0.336 e. The third-order valence-electron chi connectivity index (χ3n) is 5.39. The maximum atomic E-state index is 13.9. The fourth-order valence-corrected chi connectivity index (χ4v) is 3.83. The molecule has 4 rings (SSSR count). The molecule has 8 heteroatoms. The van der Waals surface area contributed by atoms with Crippen LogP contribution in [0.15, 0.2) is 48.5 Å². The Labute approximate surface area is 179 Å². The predicted molar refractivity (Wildman–Crippen MR) is 117 cm³/mol. The lowest BCUT2D eigenvalue weighted by molar-refractivity contribution is -0.114. The number of aromatic carboxylic acids is 1. The number of carboxylic acid groups (broad SMARTS) is 1. The number of aromatic nitrogens is 1. The number of carboxylic acids is 1. The molecule has 0 aliphatic carbocycles. The first-order valence-corrected chi connectivity index (χ1v) is 10.1. The van der Waals surface area contributed by atoms with Gasteiger partial charge in [-0.05, 0) is 30.3 Å². The van der Waals surface area contributed by atoms with Gasteiger partial charge in [0.1, 0.15) is 11.6 Å². The average molecular weight is 422 g/mol. The van der Waals surface area contributed by atoms with Crippen LogP contribution in [0.5, 0.6) is 0 Å². The van der Waals surface area contributed by atoms with Crippen LogP contribution in [0.4, 0.5) is 15.9 Å². The summed E-state index contributed by atoms with van der Waals surface area (Å²) in [7, 11) is 0. The van der Waals surface area contributed by atoms with Crippen molar-refractivity contribution in [2.45, 2.75) is 13.5 Å². The zero-order chi connectivity index (χ0) is 22.0. The molecule has 1 fully saturated rings. The van der Waals surface area contributed by atoms with Crippen LogP contribution in [0.3, 0.4) is 0 Å². The first kappa shape index (κ1) is 20.7. The van der Waals surface area contributed by atoms with Crippen LogP contribution >= 0.6 is 0 Å². The lowest BCUT2D eigenvalue weighted by atomic mass is 10.1. The van der Waals surface area contributed by atoms with E-state index < -0.39 is 5.97 Å². The number of pyridine rings is 1. The second-order valence-corrected chi connectivity index (χ2v) is 7.60. The van der Waals surface area contributed by atoms with Gasteiger partial charge in [0.15, 0.2) is 0 Å². The summed E-state index contributed by atoms with van der Waals surface area (Å²) in [4.78, 5) is 32.1. The molecule has 1 saturated heterocycles. The van der Waals surface area contributed by atoms with Gasteiger partial charge in [-0.2, -0.15) is 0 Å². The Morgan fingerprint density at radius 3 is 2.52 bits per heavy atom. The smallest absolute Gasteiger partial charge is 0.336 e. The van der Waals surface area contributed by atoms with E-state index in [1.165, 1.54) is 13.0 Å². The molecule has 1 amide bonds. The minimum Gasteiger partial charge on any atom is -0.478 e. The SMILES string of the molecule is CC(=O)Nc1ccc2nc(N3CCN(Cc4ccccc4F)CC3)cc(C(=O)O)c2c1. The van der Waals surface area contributed by atoms with Crippen LogP contribution in [0, 0.1) is 5.82 Å². The first-order chi connectivity index (χ1) is 14.9. The molecule has 3 aromatic rings. The molecular formula is C23H23FN4O3. The highest BCUT2D eigenvalue weighted by molar-refractivity contribution is 6.05. The standard InChI is InChI=1S/C23H23FN4O3/c1-15(29)25-17-6-7-21-18(12-17)19(23(30)31)13-22(26-21)28-10-8-27(9-11-28)14-16-4-2-3-5-20(16)24/h2-7,12-13H,8-11,14H2,1H3,(H,25,29)(H,30,31). The zero-order valence-electron chi connectivity index (χ0n) is 17.1. The van der Waals surface area contributed by atoms with Crippen LogP contribution in [0.2, 0.25) is 0 Å². The van der Waals surface area contributed by atoms with Gasteiger partial charge in [-0.3, -0.25) is 9.69 Å². The molecule has 7 nitrogen and oxygen atoms in total. The van der Waals surface area contributed by atoms with E-state index in [2.05, 4.69) is 15.2 Å². The summed E-state index contributed by atoms with van der Waals surface area (Å²) in [6, 6.07) is 13.4. The molecule has 2 N–H and O–H groups in total. The third-order valence-corrected chi connectivity index (χ3v) is 5.39. The third kappa shape index (κ3) is 4.64. The van der Waals surface area contributed by atoms with Gasteiger partial charge in [0.25, 0.3) is 0 Å². The number of halogens is 1. The Kier molecular flexibility index (Phi) is 5.81. The van der Waals surface area contributed by atoms with Gasteiger partial charge >= 0.3 is 5.97 Å². The van der Waals surface area contributed by atoms with E-state index >= 15 is 0 Å². The first-order valence-electron chi connectivity index (χ1n) is 10.1. The predicted octanol–water partition coefficient (Wildman–Crippen LogP) is 3.35. The largest absolute Gasteiger partial charge is 0.478 e. The number of rotatable bonds is 5. The molecule has 1 aromatic heterocycles. The number of amides is 1. The van der Waals surface area contributed by atoms with E-state index in [1.807, 2.05) is 11.0 Å². The van der Waals surface area contributed by atoms with Gasteiger partial charge in [-0.1, -0.05) is 18.2 Å². The topological polar surface area (TPSA) is 85.8 Å². The van der Waals surface area contributed by atoms with Gasteiger partial charge in [0, 0.05) is 56.3 Å². The van der Waals surface area contributed by atoms with E-state index in [-0.39, 0.29) is 17.3 Å². The van der Waals surface area contributed by atoms with E-state index in [1.54, 1.807) is 36.4 Å². The summed E-state index contributed by atoms with van der Waals surface area (Å²) >= 11 is 0. The normalized spacial score (nSPS) is 14.6. The molecule has 2 aromatic carbocycles. The molecular weight excluding hydrogens is 399 g/mol. The van der Waals surface area contributed by atoms with Gasteiger partial charge in [-0.25, -0.2) is 14.2 Å². The lowest BCUT2D eigenvalue weighted by Gasteiger charge is -2.35. The maximum absolute atomic E-state index is 13.9. The van der Waals surface area contributed by atoms with Gasteiger partial charge in [0.2, 0.25) is 5.91 Å². The number of nitrogens with one attached hydrogen (secondary N) is 1. The van der Waals surface area contributed by atoms with Crippen molar-refractivity contribution in [3.05, 3.63) is 65.5 Å². The molecule has 1 aliphatic heterocycles. The number of fused-ring (bicyclic) bond motifs is 1. The summed E-state index contributed by atoms with van der Waals surface area (Å²) in [5, 5.41) is 12.9. The molecule has 0 unspecified atom stereocenters. The van der Waals surface area contributed by atoms with Crippen LogP contribution in [-0.4, -0.2) is 53.0 Å². The van der Waals surface area contributed by atoms with Crippen molar-refractivity contribution >= 4 is 34.3 Å². The zero-order valence-corrected chi connectivity index (χ0v) is 17.1. The van der Waals surface area contributed by atoms with Crippen molar-refractivity contribution in [2.24, 2.45) is 0 Å². The van der Waals surface area contributed by atoms with Crippen LogP contribution in [0.25, 0.3) is 10.9 Å². The number of carbonyl (C=O) groups is 2. The average Bonchev–Trinajstić information content (AvgIpc) is 2.74. The van der Waals surface area contributed by atoms with E-state index in [4.69, 9.17) is 0 Å². The number of carbonyl (C=O) groups excluding carboxylic acids is 1. The van der Waals surface area contributed by atoms with Crippen LogP contribution < -0.4 is 10.2 Å². The van der Waals surface area contributed by atoms with Crippen LogP contribution in [-0.2, 0) is 11.3 Å². The Hall–Kier alpha value is -3.52. The molecule has 0 atom stereocenters. The quantitative estimate of drug-likeness (QED) is 0.656. The number of nitrogens with zero attached hydrogens (tertiary/aromatic N) is 3. The van der Waals surface area contributed by atoms with Crippen molar-refractivity contribution in [1.29, 1.82) is 0 Å². The van der Waals surface area contributed by atoms with Gasteiger partial charge in [0.05, 0.1) is 11.1 Å². The highest BCUT2D eigenvalue weighted by atomic mass is 19.1. The molecule has 0 saturated carbocycles. The van der Waals surface area contributed by atoms with Crippen molar-refractivity contribution in [3.63, 3.8) is 0 Å². The van der Waals surface area contributed by atoms with Crippen molar-refractivity contribution in [2.75, 3.05) is 36.4 Å². The fourth-order valence-electron chi connectivity index (χ4n) is 3.83. The minimum atomic E-state index is -1.05. The molecule has 31 heavy (non-hydrogen) atoms. The van der Waals surface area contributed by atoms with E-state index in [0.29, 0.717) is 47.6 Å². The van der Waals surface area contributed by atoms with Crippen molar-refractivity contribution < 1.29 is 19.1 Å². The highest BCUT2D eigenvalue weighted by Crippen LogP contribution is 2.27. The Morgan fingerprint density at radius 2 is 1.84 bits per heavy atom. The number of anilines is 2. The highest BCUT2D eigenvalue weighted by Gasteiger charge is 2.21. The number of piperazine rings is 1. The monoisotopic (exact) mass is 422 g/mol. The number of hydrogen-bond donors (Lipinski definition) is 2. The Bertz CT molecular complexity index is 1140. The molecule has 2 heterocycles. The minimum absolute atomic E-state index is 0.140. The Morgan fingerprint density at radius 1 is 1.10 bits per heavy atom. The molecule has 1 aliphatic rings. The molecule has 0 bridgehead atoms. The Balaban J connectivity index is 1.54. The summed E-state index contributed by atoms with van der Waals surface area (Å²) in [5.74, 6) is -0.880. The van der Waals surface area contributed by atoms with Crippen LogP contribution in [0.1, 0.15) is 22.8 Å². The summed E-state index contributed by atoms with van der Waals surface area (Å²) in [6.07, 6.45) is 0. The fraction of sp³-hybridized carbons (Fsp3) is 0.261. The number of hydrogen-bond acceptors (Lipinski definition) is 5. The summed E-state index contributed by atoms with van der Waals surface area (Å²) in [5.41, 5.74) is 1.89. The van der Waals surface area contributed by atoms with Crippen molar-refractivity contribution in [3.8, 4) is 0 Å². The molecule has 160 valence electrons. The lowest BCUT2D eigenvalue weighted by Crippen LogP contribution is -2.46. The second kappa shape index (κ2) is 8.69. The second-order valence-electron chi connectivity index (χ2n) is 7.60. The summed E-state index contributed by atoms with van der Waals surface area (Å²) < 4.78 is 13.9. The van der Waals surface area contributed by atoms with Crippen molar-refractivity contribution in [1.82, 2.24) is 9.88 Å². The van der Waals surface area contributed by atoms with E-state index in [0.717, 1.165) is 13.1 Å². The molecule has 0 radical (unpaired) electrons. The summed E-state index contributed by atoms with van der Waals surface area (Å²) in [6.45, 7) is 4.70. The van der Waals surface area contributed by atoms with Gasteiger partial charge in [-0.15, -0.1) is 0 Å². The van der Waals surface area contributed by atoms with E-state index in [9.17, 15) is 19.1 Å².